The zero-order valence-electron chi connectivity index (χ0n) is 16.1. The molecule has 2 amide bonds. The lowest BCUT2D eigenvalue weighted by molar-refractivity contribution is -0.146. The van der Waals surface area contributed by atoms with Crippen LogP contribution in [0, 0.1) is 5.41 Å². The Morgan fingerprint density at radius 3 is 2.65 bits per heavy atom. The monoisotopic (exact) mass is 357 g/mol. The number of carbonyl (C=O) groups is 2. The molecule has 0 saturated carbocycles. The van der Waals surface area contributed by atoms with E-state index >= 15 is 0 Å². The van der Waals surface area contributed by atoms with Crippen LogP contribution in [0.1, 0.15) is 31.2 Å². The number of nitrogens with zero attached hydrogens (tertiary/aromatic N) is 3. The minimum Gasteiger partial charge on any atom is -0.348 e. The number of amides is 2. The molecule has 1 atom stereocenters. The molecule has 2 aliphatic heterocycles. The van der Waals surface area contributed by atoms with Crippen molar-refractivity contribution in [3.8, 4) is 0 Å². The third kappa shape index (κ3) is 4.26. The van der Waals surface area contributed by atoms with Gasteiger partial charge in [-0.15, -0.1) is 0 Å². The molecule has 2 saturated heterocycles. The first-order chi connectivity index (χ1) is 12.5. The number of benzene rings is 1. The van der Waals surface area contributed by atoms with E-state index in [-0.39, 0.29) is 11.3 Å². The fraction of sp³-hybridized carbons (Fsp3) is 0.619. The average Bonchev–Trinajstić information content (AvgIpc) is 3.03. The van der Waals surface area contributed by atoms with Gasteiger partial charge < -0.3 is 9.80 Å². The molecule has 5 nitrogen and oxygen atoms in total. The Morgan fingerprint density at radius 2 is 1.92 bits per heavy atom. The average molecular weight is 357 g/mol. The summed E-state index contributed by atoms with van der Waals surface area (Å²) < 4.78 is 0. The van der Waals surface area contributed by atoms with Crippen LogP contribution in [0.15, 0.2) is 30.3 Å². The second-order valence-electron chi connectivity index (χ2n) is 8.01. The lowest BCUT2D eigenvalue weighted by Crippen LogP contribution is -2.50. The highest BCUT2D eigenvalue weighted by Crippen LogP contribution is 2.40. The van der Waals surface area contributed by atoms with Crippen LogP contribution in [0.25, 0.3) is 0 Å². The van der Waals surface area contributed by atoms with Gasteiger partial charge in [-0.1, -0.05) is 30.3 Å². The van der Waals surface area contributed by atoms with Gasteiger partial charge in [0.15, 0.2) is 0 Å². The Bertz CT molecular complexity index is 631. The topological polar surface area (TPSA) is 43.9 Å². The van der Waals surface area contributed by atoms with Gasteiger partial charge >= 0.3 is 0 Å². The van der Waals surface area contributed by atoms with Gasteiger partial charge in [-0.3, -0.25) is 14.5 Å². The molecule has 1 aromatic carbocycles. The predicted octanol–water partition coefficient (Wildman–Crippen LogP) is 2.02. The van der Waals surface area contributed by atoms with Gasteiger partial charge in [-0.2, -0.15) is 0 Å². The minimum absolute atomic E-state index is 0.116. The fourth-order valence-electron chi connectivity index (χ4n) is 4.29. The third-order valence-electron chi connectivity index (χ3n) is 5.85. The summed E-state index contributed by atoms with van der Waals surface area (Å²) in [6, 6.07) is 10.5. The molecule has 2 heterocycles. The molecule has 0 bridgehead atoms. The van der Waals surface area contributed by atoms with Crippen LogP contribution < -0.4 is 0 Å². The molecule has 1 spiro atoms. The van der Waals surface area contributed by atoms with Crippen molar-refractivity contribution in [1.82, 2.24) is 14.7 Å². The Labute approximate surface area is 156 Å². The van der Waals surface area contributed by atoms with E-state index in [1.54, 1.807) is 19.0 Å². The first-order valence-electron chi connectivity index (χ1n) is 9.76. The minimum atomic E-state index is -0.252. The van der Waals surface area contributed by atoms with Gasteiger partial charge in [0.2, 0.25) is 11.8 Å². The molecule has 0 aromatic heterocycles. The number of piperidine rings is 1. The smallest absolute Gasteiger partial charge is 0.236 e. The Morgan fingerprint density at radius 1 is 1.15 bits per heavy atom. The van der Waals surface area contributed by atoms with Crippen LogP contribution in [0.2, 0.25) is 0 Å². The summed E-state index contributed by atoms with van der Waals surface area (Å²) in [7, 11) is 3.57. The Balaban J connectivity index is 1.53. The highest BCUT2D eigenvalue weighted by molar-refractivity contribution is 5.84. The largest absolute Gasteiger partial charge is 0.348 e. The second kappa shape index (κ2) is 8.21. The van der Waals surface area contributed by atoms with Crippen LogP contribution in [-0.4, -0.2) is 73.3 Å². The molecule has 1 aromatic rings. The van der Waals surface area contributed by atoms with Crippen molar-refractivity contribution in [3.63, 3.8) is 0 Å². The Kier molecular flexibility index (Phi) is 5.97. The standard InChI is InChI=1S/C21H31N3O2/c1-22(2)19(25)16-23-15-12-21(17-23)11-7-14-24(20(21)26)13-6-10-18-8-4-3-5-9-18/h3-5,8-9H,6-7,10-17H2,1-2H3/t21-/m1/s1. The molecule has 2 fully saturated rings. The number of rotatable bonds is 6. The van der Waals surface area contributed by atoms with E-state index in [0.717, 1.165) is 58.3 Å². The van der Waals surface area contributed by atoms with E-state index in [9.17, 15) is 9.59 Å². The highest BCUT2D eigenvalue weighted by atomic mass is 16.2. The summed E-state index contributed by atoms with van der Waals surface area (Å²) in [6.45, 7) is 3.73. The van der Waals surface area contributed by atoms with Crippen molar-refractivity contribution in [2.45, 2.75) is 32.1 Å². The van der Waals surface area contributed by atoms with Gasteiger partial charge in [0, 0.05) is 33.7 Å². The quantitative estimate of drug-likeness (QED) is 0.782. The van der Waals surface area contributed by atoms with Gasteiger partial charge in [0.25, 0.3) is 0 Å². The lowest BCUT2D eigenvalue weighted by Gasteiger charge is -2.39. The molecule has 0 aliphatic carbocycles. The van der Waals surface area contributed by atoms with E-state index in [1.807, 2.05) is 6.07 Å². The number of carbonyl (C=O) groups excluding carboxylic acids is 2. The number of hydrogen-bond donors (Lipinski definition) is 0. The Hall–Kier alpha value is -1.88. The molecule has 3 rings (SSSR count). The predicted molar refractivity (Wildman–Crippen MR) is 103 cm³/mol. The van der Waals surface area contributed by atoms with Gasteiger partial charge in [-0.05, 0) is 44.2 Å². The summed E-state index contributed by atoms with van der Waals surface area (Å²) in [5.74, 6) is 0.432. The van der Waals surface area contributed by atoms with Crippen LogP contribution in [-0.2, 0) is 16.0 Å². The SMILES string of the molecule is CN(C)C(=O)CN1CC[C@]2(CCCN(CCCc3ccccc3)C2=O)C1. The maximum absolute atomic E-state index is 13.2. The van der Waals surface area contributed by atoms with Crippen molar-refractivity contribution in [3.05, 3.63) is 35.9 Å². The first kappa shape index (κ1) is 18.9. The summed E-state index contributed by atoms with van der Waals surface area (Å²) >= 11 is 0. The van der Waals surface area contributed by atoms with E-state index in [2.05, 4.69) is 34.1 Å². The van der Waals surface area contributed by atoms with Crippen LogP contribution in [0.5, 0.6) is 0 Å². The fourth-order valence-corrected chi connectivity index (χ4v) is 4.29. The number of aryl methyl sites for hydroxylation is 1. The molecule has 5 heteroatoms. The van der Waals surface area contributed by atoms with Crippen molar-refractivity contribution in [2.24, 2.45) is 5.41 Å². The van der Waals surface area contributed by atoms with Crippen molar-refractivity contribution in [2.75, 3.05) is 46.8 Å². The van der Waals surface area contributed by atoms with Gasteiger partial charge in [0.1, 0.15) is 0 Å². The summed E-state index contributed by atoms with van der Waals surface area (Å²) in [6.07, 6.45) is 4.96. The summed E-state index contributed by atoms with van der Waals surface area (Å²) in [4.78, 5) is 31.0. The van der Waals surface area contributed by atoms with E-state index in [4.69, 9.17) is 0 Å². The second-order valence-corrected chi connectivity index (χ2v) is 8.01. The van der Waals surface area contributed by atoms with Crippen molar-refractivity contribution >= 4 is 11.8 Å². The third-order valence-corrected chi connectivity index (χ3v) is 5.85. The number of likely N-dealkylation sites (tertiary alicyclic amines) is 2. The molecule has 2 aliphatic rings. The molecule has 0 radical (unpaired) electrons. The molecule has 26 heavy (non-hydrogen) atoms. The maximum atomic E-state index is 13.2. The van der Waals surface area contributed by atoms with Crippen molar-refractivity contribution < 1.29 is 9.59 Å². The highest BCUT2D eigenvalue weighted by Gasteiger charge is 2.48. The molecule has 0 unspecified atom stereocenters. The summed E-state index contributed by atoms with van der Waals surface area (Å²) in [5, 5.41) is 0. The van der Waals surface area contributed by atoms with E-state index in [1.165, 1.54) is 5.56 Å². The first-order valence-corrected chi connectivity index (χ1v) is 9.76. The zero-order valence-corrected chi connectivity index (χ0v) is 16.1. The molecular formula is C21H31N3O2. The van der Waals surface area contributed by atoms with Crippen LogP contribution in [0.4, 0.5) is 0 Å². The lowest BCUT2D eigenvalue weighted by atomic mass is 9.78. The molecular weight excluding hydrogens is 326 g/mol. The number of likely N-dealkylation sites (N-methyl/N-ethyl adjacent to an activating group) is 1. The van der Waals surface area contributed by atoms with Gasteiger partial charge in [0.05, 0.1) is 12.0 Å². The van der Waals surface area contributed by atoms with Crippen LogP contribution in [0.3, 0.4) is 0 Å². The van der Waals surface area contributed by atoms with E-state index < -0.39 is 0 Å². The van der Waals surface area contributed by atoms with Crippen molar-refractivity contribution in [1.29, 1.82) is 0 Å². The zero-order chi connectivity index (χ0) is 18.6. The molecule has 0 N–H and O–H groups in total. The van der Waals surface area contributed by atoms with E-state index in [0.29, 0.717) is 12.5 Å². The van der Waals surface area contributed by atoms with Crippen LogP contribution >= 0.6 is 0 Å². The molecule has 142 valence electrons. The normalized spacial score (nSPS) is 23.6. The number of hydrogen-bond acceptors (Lipinski definition) is 3. The summed E-state index contributed by atoms with van der Waals surface area (Å²) in [5.41, 5.74) is 1.08. The van der Waals surface area contributed by atoms with Gasteiger partial charge in [-0.25, -0.2) is 0 Å². The maximum Gasteiger partial charge on any atom is 0.236 e.